The van der Waals surface area contributed by atoms with Crippen LogP contribution in [0.3, 0.4) is 0 Å². The SMILES string of the molecule is CCCCCCC(=O)Nc1ccc(F)cc1N. The van der Waals surface area contributed by atoms with Crippen molar-refractivity contribution in [1.29, 1.82) is 0 Å². The Labute approximate surface area is 101 Å². The Morgan fingerprint density at radius 1 is 1.35 bits per heavy atom. The van der Waals surface area contributed by atoms with Crippen LogP contribution in [0.2, 0.25) is 0 Å². The number of unbranched alkanes of at least 4 members (excludes halogenated alkanes) is 3. The van der Waals surface area contributed by atoms with E-state index in [1.807, 2.05) is 0 Å². The first-order chi connectivity index (χ1) is 8.13. The van der Waals surface area contributed by atoms with Crippen LogP contribution < -0.4 is 11.1 Å². The summed E-state index contributed by atoms with van der Waals surface area (Å²) in [6.45, 7) is 2.12. The van der Waals surface area contributed by atoms with Gasteiger partial charge in [-0.2, -0.15) is 0 Å². The second-order valence-corrected chi connectivity index (χ2v) is 4.09. The van der Waals surface area contributed by atoms with E-state index in [1.165, 1.54) is 18.2 Å². The van der Waals surface area contributed by atoms with E-state index in [9.17, 15) is 9.18 Å². The van der Waals surface area contributed by atoms with Gasteiger partial charge in [0.05, 0.1) is 11.4 Å². The van der Waals surface area contributed by atoms with E-state index in [4.69, 9.17) is 5.73 Å². The van der Waals surface area contributed by atoms with E-state index in [0.717, 1.165) is 25.7 Å². The normalized spacial score (nSPS) is 10.2. The highest BCUT2D eigenvalue weighted by atomic mass is 19.1. The molecule has 1 aromatic carbocycles. The molecular formula is C13H19FN2O. The van der Waals surface area contributed by atoms with Crippen LogP contribution in [0.5, 0.6) is 0 Å². The first kappa shape index (κ1) is 13.5. The molecule has 0 aromatic heterocycles. The number of anilines is 2. The van der Waals surface area contributed by atoms with Crippen molar-refractivity contribution in [3.63, 3.8) is 0 Å². The Morgan fingerprint density at radius 3 is 2.76 bits per heavy atom. The van der Waals surface area contributed by atoms with Gasteiger partial charge in [0.15, 0.2) is 0 Å². The molecule has 0 saturated carbocycles. The Morgan fingerprint density at radius 2 is 2.12 bits per heavy atom. The van der Waals surface area contributed by atoms with Gasteiger partial charge in [0.25, 0.3) is 0 Å². The molecule has 1 amide bonds. The molecule has 17 heavy (non-hydrogen) atoms. The van der Waals surface area contributed by atoms with E-state index in [0.29, 0.717) is 12.1 Å². The average Bonchev–Trinajstić information content (AvgIpc) is 2.28. The molecule has 0 spiro atoms. The van der Waals surface area contributed by atoms with Gasteiger partial charge in [-0.05, 0) is 24.6 Å². The van der Waals surface area contributed by atoms with Crippen LogP contribution in [0.15, 0.2) is 18.2 Å². The average molecular weight is 238 g/mol. The maximum absolute atomic E-state index is 12.8. The summed E-state index contributed by atoms with van der Waals surface area (Å²) in [6.07, 6.45) is 4.71. The Balaban J connectivity index is 2.40. The predicted octanol–water partition coefficient (Wildman–Crippen LogP) is 3.32. The fraction of sp³-hybridized carbons (Fsp3) is 0.462. The number of amides is 1. The van der Waals surface area contributed by atoms with Gasteiger partial charge in [-0.25, -0.2) is 4.39 Å². The summed E-state index contributed by atoms with van der Waals surface area (Å²) in [5.41, 5.74) is 6.33. The van der Waals surface area contributed by atoms with Gasteiger partial charge in [0.1, 0.15) is 5.82 Å². The Hall–Kier alpha value is -1.58. The molecule has 0 fully saturated rings. The zero-order valence-corrected chi connectivity index (χ0v) is 10.1. The molecule has 0 aliphatic rings. The molecule has 0 radical (unpaired) electrons. The summed E-state index contributed by atoms with van der Waals surface area (Å²) in [7, 11) is 0. The van der Waals surface area contributed by atoms with Gasteiger partial charge >= 0.3 is 0 Å². The minimum atomic E-state index is -0.400. The molecule has 94 valence electrons. The smallest absolute Gasteiger partial charge is 0.224 e. The summed E-state index contributed by atoms with van der Waals surface area (Å²) in [5, 5.41) is 2.68. The predicted molar refractivity (Wildman–Crippen MR) is 68.2 cm³/mol. The zero-order valence-electron chi connectivity index (χ0n) is 10.1. The standard InChI is InChI=1S/C13H19FN2O/c1-2-3-4-5-6-13(17)16-12-8-7-10(14)9-11(12)15/h7-9H,2-6,15H2,1H3,(H,16,17). The van der Waals surface area contributed by atoms with Crippen LogP contribution in [0, 0.1) is 5.82 Å². The highest BCUT2D eigenvalue weighted by Crippen LogP contribution is 2.19. The fourth-order valence-corrected chi connectivity index (χ4v) is 1.57. The minimum absolute atomic E-state index is 0.0700. The van der Waals surface area contributed by atoms with E-state index in [2.05, 4.69) is 12.2 Å². The molecule has 0 aliphatic heterocycles. The maximum atomic E-state index is 12.8. The third-order valence-electron chi connectivity index (χ3n) is 2.55. The van der Waals surface area contributed by atoms with Crippen molar-refractivity contribution in [2.45, 2.75) is 39.0 Å². The van der Waals surface area contributed by atoms with Crippen molar-refractivity contribution in [3.8, 4) is 0 Å². The molecular weight excluding hydrogens is 219 g/mol. The van der Waals surface area contributed by atoms with Crippen molar-refractivity contribution < 1.29 is 9.18 Å². The molecule has 4 heteroatoms. The Bertz CT molecular complexity index is 380. The van der Waals surface area contributed by atoms with Crippen LogP contribution >= 0.6 is 0 Å². The number of carbonyl (C=O) groups is 1. The van der Waals surface area contributed by atoms with E-state index in [1.54, 1.807) is 0 Å². The number of nitrogens with one attached hydrogen (secondary N) is 1. The van der Waals surface area contributed by atoms with Crippen molar-refractivity contribution in [2.24, 2.45) is 0 Å². The van der Waals surface area contributed by atoms with E-state index >= 15 is 0 Å². The van der Waals surface area contributed by atoms with Gasteiger partial charge in [0, 0.05) is 6.42 Å². The third-order valence-corrected chi connectivity index (χ3v) is 2.55. The number of nitrogen functional groups attached to an aromatic ring is 1. The largest absolute Gasteiger partial charge is 0.397 e. The molecule has 0 aliphatic carbocycles. The molecule has 1 aromatic rings. The van der Waals surface area contributed by atoms with Crippen LogP contribution in [-0.4, -0.2) is 5.91 Å². The number of hydrogen-bond acceptors (Lipinski definition) is 2. The minimum Gasteiger partial charge on any atom is -0.397 e. The van der Waals surface area contributed by atoms with Gasteiger partial charge in [-0.3, -0.25) is 4.79 Å². The van der Waals surface area contributed by atoms with Crippen LogP contribution in [0.4, 0.5) is 15.8 Å². The fourth-order valence-electron chi connectivity index (χ4n) is 1.57. The maximum Gasteiger partial charge on any atom is 0.224 e. The molecule has 0 atom stereocenters. The zero-order chi connectivity index (χ0) is 12.7. The van der Waals surface area contributed by atoms with Crippen molar-refractivity contribution >= 4 is 17.3 Å². The summed E-state index contributed by atoms with van der Waals surface area (Å²) in [4.78, 5) is 11.6. The lowest BCUT2D eigenvalue weighted by molar-refractivity contribution is -0.116. The molecule has 3 nitrogen and oxygen atoms in total. The van der Waals surface area contributed by atoms with E-state index in [-0.39, 0.29) is 11.6 Å². The number of carbonyl (C=O) groups excluding carboxylic acids is 1. The molecule has 3 N–H and O–H groups in total. The van der Waals surface area contributed by atoms with Crippen LogP contribution in [-0.2, 0) is 4.79 Å². The lowest BCUT2D eigenvalue weighted by atomic mass is 10.1. The van der Waals surface area contributed by atoms with Crippen molar-refractivity contribution in [1.82, 2.24) is 0 Å². The number of halogens is 1. The lowest BCUT2D eigenvalue weighted by Crippen LogP contribution is -2.12. The highest BCUT2D eigenvalue weighted by molar-refractivity contribution is 5.93. The number of rotatable bonds is 6. The topological polar surface area (TPSA) is 55.1 Å². The van der Waals surface area contributed by atoms with Gasteiger partial charge in [-0.1, -0.05) is 26.2 Å². The highest BCUT2D eigenvalue weighted by Gasteiger charge is 2.05. The first-order valence-electron chi connectivity index (χ1n) is 5.98. The third kappa shape index (κ3) is 4.85. The second kappa shape index (κ2) is 6.89. The number of benzene rings is 1. The van der Waals surface area contributed by atoms with Crippen molar-refractivity contribution in [2.75, 3.05) is 11.1 Å². The number of nitrogens with two attached hydrogens (primary N) is 1. The molecule has 0 bridgehead atoms. The summed E-state index contributed by atoms with van der Waals surface area (Å²) in [6, 6.07) is 3.96. The quantitative estimate of drug-likeness (QED) is 0.590. The first-order valence-corrected chi connectivity index (χ1v) is 5.98. The Kier molecular flexibility index (Phi) is 5.46. The number of hydrogen-bond donors (Lipinski definition) is 2. The van der Waals surface area contributed by atoms with Crippen molar-refractivity contribution in [3.05, 3.63) is 24.0 Å². The second-order valence-electron chi connectivity index (χ2n) is 4.09. The van der Waals surface area contributed by atoms with Crippen LogP contribution in [0.25, 0.3) is 0 Å². The monoisotopic (exact) mass is 238 g/mol. The lowest BCUT2D eigenvalue weighted by Gasteiger charge is -2.07. The van der Waals surface area contributed by atoms with Gasteiger partial charge < -0.3 is 11.1 Å². The molecule has 0 saturated heterocycles. The van der Waals surface area contributed by atoms with Gasteiger partial charge in [-0.15, -0.1) is 0 Å². The summed E-state index contributed by atoms with van der Waals surface area (Å²) in [5.74, 6) is -0.470. The van der Waals surface area contributed by atoms with Crippen LogP contribution in [0.1, 0.15) is 39.0 Å². The van der Waals surface area contributed by atoms with Gasteiger partial charge in [0.2, 0.25) is 5.91 Å². The van der Waals surface area contributed by atoms with E-state index < -0.39 is 5.82 Å². The summed E-state index contributed by atoms with van der Waals surface area (Å²) < 4.78 is 12.8. The molecule has 0 heterocycles. The molecule has 1 rings (SSSR count). The molecule has 0 unspecified atom stereocenters. The summed E-state index contributed by atoms with van der Waals surface area (Å²) >= 11 is 0.